The number of hydrogen-bond acceptors (Lipinski definition) is 3. The van der Waals surface area contributed by atoms with E-state index in [-0.39, 0.29) is 5.78 Å². The molecule has 1 saturated carbocycles. The minimum Gasteiger partial charge on any atom is -0.374 e. The molecule has 3 nitrogen and oxygen atoms in total. The maximum absolute atomic E-state index is 11.5. The first kappa shape index (κ1) is 13.9. The van der Waals surface area contributed by atoms with E-state index in [1.54, 1.807) is 6.92 Å². The summed E-state index contributed by atoms with van der Waals surface area (Å²) in [6.45, 7) is 3.22. The molecule has 1 aliphatic carbocycles. The van der Waals surface area contributed by atoms with Crippen molar-refractivity contribution >= 4 is 23.1 Å². The van der Waals surface area contributed by atoms with Crippen molar-refractivity contribution < 1.29 is 9.53 Å². The number of anilines is 1. The highest BCUT2D eigenvalue weighted by atomic mass is 35.5. The number of hydrogen-bond donors (Lipinski definition) is 0. The maximum Gasteiger partial charge on any atom is 0.161 e. The van der Waals surface area contributed by atoms with Crippen LogP contribution in [-0.4, -0.2) is 31.1 Å². The zero-order valence-electron chi connectivity index (χ0n) is 11.8. The molecule has 0 aromatic heterocycles. The quantitative estimate of drug-likeness (QED) is 0.779. The first-order valence-electron chi connectivity index (χ1n) is 7.35. The van der Waals surface area contributed by atoms with Gasteiger partial charge in [-0.05, 0) is 38.0 Å². The Hall–Kier alpha value is -1.06. The number of Topliss-reactive ketones (excluding diaryl/α,β-unsaturated/α-hetero) is 1. The van der Waals surface area contributed by atoms with E-state index in [0.29, 0.717) is 22.7 Å². The minimum absolute atomic E-state index is 0.0130. The third kappa shape index (κ3) is 2.57. The molecule has 3 rings (SSSR count). The number of carbonyl (C=O) groups excluding carboxylic acids is 1. The number of ketones is 1. The average Bonchev–Trinajstić information content (AvgIpc) is 2.46. The summed E-state index contributed by atoms with van der Waals surface area (Å²) in [5.41, 5.74) is 1.71. The van der Waals surface area contributed by atoms with Gasteiger partial charge in [-0.2, -0.15) is 0 Å². The Balaban J connectivity index is 1.87. The fourth-order valence-corrected chi connectivity index (χ4v) is 3.69. The van der Waals surface area contributed by atoms with Crippen molar-refractivity contribution in [2.24, 2.45) is 0 Å². The van der Waals surface area contributed by atoms with Gasteiger partial charge in [0.1, 0.15) is 0 Å². The zero-order valence-corrected chi connectivity index (χ0v) is 12.5. The van der Waals surface area contributed by atoms with Crippen LogP contribution >= 0.6 is 11.6 Å². The fraction of sp³-hybridized carbons (Fsp3) is 0.562. The first-order valence-corrected chi connectivity index (χ1v) is 7.73. The molecule has 2 unspecified atom stereocenters. The average molecular weight is 294 g/mol. The molecule has 2 atom stereocenters. The van der Waals surface area contributed by atoms with Crippen molar-refractivity contribution in [2.45, 2.75) is 44.8 Å². The Kier molecular flexibility index (Phi) is 3.99. The molecular formula is C16H20ClNO2. The zero-order chi connectivity index (χ0) is 14.1. The third-order valence-electron chi connectivity index (χ3n) is 4.40. The van der Waals surface area contributed by atoms with Crippen LogP contribution in [0.4, 0.5) is 5.69 Å². The van der Waals surface area contributed by atoms with Crippen LogP contribution in [0.5, 0.6) is 0 Å². The summed E-state index contributed by atoms with van der Waals surface area (Å²) in [5, 5.41) is 0.550. The number of morpholine rings is 1. The minimum atomic E-state index is 0.0130. The van der Waals surface area contributed by atoms with Gasteiger partial charge < -0.3 is 9.64 Å². The molecule has 0 spiro atoms. The Morgan fingerprint density at radius 1 is 1.35 bits per heavy atom. The summed E-state index contributed by atoms with van der Waals surface area (Å²) in [4.78, 5) is 13.9. The fourth-order valence-electron chi connectivity index (χ4n) is 3.39. The lowest BCUT2D eigenvalue weighted by molar-refractivity contribution is -0.00867. The molecule has 108 valence electrons. The van der Waals surface area contributed by atoms with E-state index in [9.17, 15) is 4.79 Å². The molecule has 2 fully saturated rings. The van der Waals surface area contributed by atoms with Gasteiger partial charge in [0.2, 0.25) is 0 Å². The largest absolute Gasteiger partial charge is 0.374 e. The molecule has 4 heteroatoms. The summed E-state index contributed by atoms with van der Waals surface area (Å²) in [6.07, 6.45) is 5.21. The van der Waals surface area contributed by atoms with Crippen LogP contribution in [-0.2, 0) is 4.74 Å². The Bertz CT molecular complexity index is 515. The van der Waals surface area contributed by atoms with Gasteiger partial charge in [-0.25, -0.2) is 0 Å². The van der Waals surface area contributed by atoms with Crippen molar-refractivity contribution in [2.75, 3.05) is 18.1 Å². The number of benzene rings is 1. The summed E-state index contributed by atoms with van der Waals surface area (Å²) < 4.78 is 5.90. The lowest BCUT2D eigenvalue weighted by atomic mass is 9.89. The van der Waals surface area contributed by atoms with E-state index < -0.39 is 0 Å². The smallest absolute Gasteiger partial charge is 0.161 e. The van der Waals surface area contributed by atoms with E-state index in [0.717, 1.165) is 25.3 Å². The predicted octanol–water partition coefficient (Wildman–Crippen LogP) is 3.69. The van der Waals surface area contributed by atoms with Crippen LogP contribution in [0.2, 0.25) is 5.02 Å². The van der Waals surface area contributed by atoms with Gasteiger partial charge in [0.25, 0.3) is 0 Å². The molecular weight excluding hydrogens is 274 g/mol. The topological polar surface area (TPSA) is 29.5 Å². The number of fused-ring (bicyclic) bond motifs is 1. The summed E-state index contributed by atoms with van der Waals surface area (Å²) in [6, 6.07) is 6.24. The molecule has 1 saturated heterocycles. The molecule has 20 heavy (non-hydrogen) atoms. The van der Waals surface area contributed by atoms with Crippen LogP contribution in [0.15, 0.2) is 18.2 Å². The Morgan fingerprint density at radius 3 is 2.90 bits per heavy atom. The van der Waals surface area contributed by atoms with Crippen LogP contribution in [0.1, 0.15) is 43.0 Å². The van der Waals surface area contributed by atoms with Crippen molar-refractivity contribution in [1.82, 2.24) is 0 Å². The third-order valence-corrected chi connectivity index (χ3v) is 4.71. The van der Waals surface area contributed by atoms with Crippen LogP contribution in [0.3, 0.4) is 0 Å². The highest BCUT2D eigenvalue weighted by Crippen LogP contribution is 2.33. The van der Waals surface area contributed by atoms with Gasteiger partial charge in [-0.1, -0.05) is 24.4 Å². The van der Waals surface area contributed by atoms with Crippen molar-refractivity contribution in [3.05, 3.63) is 28.8 Å². The summed E-state index contributed by atoms with van der Waals surface area (Å²) in [7, 11) is 0. The van der Waals surface area contributed by atoms with Gasteiger partial charge in [0.15, 0.2) is 5.78 Å². The molecule has 0 bridgehead atoms. The summed E-state index contributed by atoms with van der Waals surface area (Å²) in [5.74, 6) is 0.0130. The van der Waals surface area contributed by atoms with Crippen molar-refractivity contribution in [3.8, 4) is 0 Å². The molecule has 0 N–H and O–H groups in total. The molecule has 2 aliphatic rings. The predicted molar refractivity (Wildman–Crippen MR) is 80.8 cm³/mol. The van der Waals surface area contributed by atoms with Crippen molar-refractivity contribution in [1.29, 1.82) is 0 Å². The number of nitrogens with zero attached hydrogens (tertiary/aromatic N) is 1. The van der Waals surface area contributed by atoms with Gasteiger partial charge in [-0.3, -0.25) is 4.79 Å². The molecule has 1 aromatic rings. The van der Waals surface area contributed by atoms with E-state index >= 15 is 0 Å². The monoisotopic (exact) mass is 293 g/mol. The second kappa shape index (κ2) is 5.74. The molecule has 1 heterocycles. The SMILES string of the molecule is CC(=O)c1ccc(N2CCOC3CCCCC32)cc1Cl. The van der Waals surface area contributed by atoms with Crippen LogP contribution in [0, 0.1) is 0 Å². The van der Waals surface area contributed by atoms with E-state index in [2.05, 4.69) is 4.90 Å². The van der Waals surface area contributed by atoms with Gasteiger partial charge in [0, 0.05) is 17.8 Å². The van der Waals surface area contributed by atoms with Gasteiger partial charge in [-0.15, -0.1) is 0 Å². The normalized spacial score (nSPS) is 26.2. The van der Waals surface area contributed by atoms with Crippen molar-refractivity contribution in [3.63, 3.8) is 0 Å². The van der Waals surface area contributed by atoms with Gasteiger partial charge in [0.05, 0.1) is 23.8 Å². The number of carbonyl (C=O) groups is 1. The summed E-state index contributed by atoms with van der Waals surface area (Å²) >= 11 is 6.24. The Labute approximate surface area is 124 Å². The van der Waals surface area contributed by atoms with E-state index in [4.69, 9.17) is 16.3 Å². The number of rotatable bonds is 2. The van der Waals surface area contributed by atoms with Crippen LogP contribution < -0.4 is 4.90 Å². The molecule has 1 aromatic carbocycles. The second-order valence-corrected chi connectivity index (χ2v) is 6.08. The first-order chi connectivity index (χ1) is 9.66. The van der Waals surface area contributed by atoms with E-state index in [1.165, 1.54) is 19.3 Å². The highest BCUT2D eigenvalue weighted by molar-refractivity contribution is 6.34. The maximum atomic E-state index is 11.5. The van der Waals surface area contributed by atoms with E-state index in [1.807, 2.05) is 18.2 Å². The number of halogens is 1. The highest BCUT2D eigenvalue weighted by Gasteiger charge is 2.34. The molecule has 0 radical (unpaired) electrons. The standard InChI is InChI=1S/C16H20ClNO2/c1-11(19)13-7-6-12(10-14(13)17)18-8-9-20-16-5-3-2-4-15(16)18/h6-7,10,15-16H,2-5,8-9H2,1H3. The van der Waals surface area contributed by atoms with Crippen LogP contribution in [0.25, 0.3) is 0 Å². The lowest BCUT2D eigenvalue weighted by Crippen LogP contribution is -2.52. The second-order valence-electron chi connectivity index (χ2n) is 5.67. The number of ether oxygens (including phenoxy) is 1. The Morgan fingerprint density at radius 2 is 2.15 bits per heavy atom. The molecule has 1 aliphatic heterocycles. The lowest BCUT2D eigenvalue weighted by Gasteiger charge is -2.45. The molecule has 0 amide bonds. The van der Waals surface area contributed by atoms with Gasteiger partial charge >= 0.3 is 0 Å².